The predicted octanol–water partition coefficient (Wildman–Crippen LogP) is 6.38. The zero-order valence-corrected chi connectivity index (χ0v) is 19.5. The van der Waals surface area contributed by atoms with Crippen LogP contribution in [0.1, 0.15) is 23.1 Å². The van der Waals surface area contributed by atoms with Gasteiger partial charge in [-0.1, -0.05) is 0 Å². The van der Waals surface area contributed by atoms with E-state index in [-0.39, 0.29) is 17.5 Å². The molecule has 168 valence electrons. The standard InChI is InChI=1S/C26H24FN3O2S/c1-16-12-23-24(13-17(16)2)30-26(14-22(29-23)18-4-10-21(32-3)11-5-18)33-15-25(31)28-20-8-6-19(27)7-9-20/h4-13H,14-15H2,1-3H3,(H,28,31). The van der Waals surface area contributed by atoms with E-state index < -0.39 is 0 Å². The number of methoxy groups -OCH3 is 1. The fourth-order valence-electron chi connectivity index (χ4n) is 3.38. The van der Waals surface area contributed by atoms with E-state index in [1.807, 2.05) is 43.3 Å². The van der Waals surface area contributed by atoms with Crippen LogP contribution < -0.4 is 10.1 Å². The van der Waals surface area contributed by atoms with Crippen molar-refractivity contribution >= 4 is 45.5 Å². The second kappa shape index (κ2) is 10.0. The minimum Gasteiger partial charge on any atom is -0.497 e. The fraction of sp³-hybridized carbons (Fsp3) is 0.192. The molecule has 1 aliphatic rings. The first-order valence-electron chi connectivity index (χ1n) is 10.5. The summed E-state index contributed by atoms with van der Waals surface area (Å²) >= 11 is 1.38. The van der Waals surface area contributed by atoms with Gasteiger partial charge in [-0.05, 0) is 91.2 Å². The summed E-state index contributed by atoms with van der Waals surface area (Å²) in [7, 11) is 1.64. The van der Waals surface area contributed by atoms with E-state index in [9.17, 15) is 9.18 Å². The molecule has 33 heavy (non-hydrogen) atoms. The number of carbonyl (C=O) groups excluding carboxylic acids is 1. The maximum atomic E-state index is 13.1. The number of aliphatic imine (C=N–C) groups is 2. The van der Waals surface area contributed by atoms with Crippen LogP contribution in [0.4, 0.5) is 21.5 Å². The lowest BCUT2D eigenvalue weighted by Crippen LogP contribution is -2.16. The first kappa shape index (κ1) is 22.7. The molecule has 0 bridgehead atoms. The Morgan fingerprint density at radius 2 is 1.64 bits per heavy atom. The molecule has 0 fully saturated rings. The number of halogens is 1. The van der Waals surface area contributed by atoms with Gasteiger partial charge in [0.15, 0.2) is 0 Å². The number of carbonyl (C=O) groups is 1. The lowest BCUT2D eigenvalue weighted by Gasteiger charge is -2.09. The Hall–Kier alpha value is -3.45. The second-order valence-electron chi connectivity index (χ2n) is 7.74. The summed E-state index contributed by atoms with van der Waals surface area (Å²) < 4.78 is 18.4. The first-order valence-corrected chi connectivity index (χ1v) is 11.5. The molecule has 3 aromatic carbocycles. The summed E-state index contributed by atoms with van der Waals surface area (Å²) in [6, 6.07) is 17.6. The molecule has 4 rings (SSSR count). The van der Waals surface area contributed by atoms with Gasteiger partial charge >= 0.3 is 0 Å². The quantitative estimate of drug-likeness (QED) is 0.480. The molecule has 0 unspecified atom stereocenters. The molecule has 0 spiro atoms. The zero-order valence-electron chi connectivity index (χ0n) is 18.7. The van der Waals surface area contributed by atoms with Crippen LogP contribution in [0.2, 0.25) is 0 Å². The fourth-order valence-corrected chi connectivity index (χ4v) is 4.15. The molecular formula is C26H24FN3O2S. The Kier molecular flexibility index (Phi) is 6.89. The van der Waals surface area contributed by atoms with Crippen molar-refractivity contribution in [3.8, 4) is 5.75 Å². The van der Waals surface area contributed by atoms with Gasteiger partial charge in [-0.2, -0.15) is 0 Å². The molecule has 5 nitrogen and oxygen atoms in total. The maximum absolute atomic E-state index is 13.1. The second-order valence-corrected chi connectivity index (χ2v) is 8.79. The third-order valence-electron chi connectivity index (χ3n) is 5.33. The number of nitrogens with zero attached hydrogens (tertiary/aromatic N) is 2. The molecule has 0 saturated carbocycles. The Balaban J connectivity index is 1.57. The van der Waals surface area contributed by atoms with Crippen LogP contribution in [-0.2, 0) is 4.79 Å². The average Bonchev–Trinajstić information content (AvgIpc) is 2.98. The summed E-state index contributed by atoms with van der Waals surface area (Å²) in [5.74, 6) is 0.443. The molecular weight excluding hydrogens is 437 g/mol. The Labute approximate surface area is 196 Å². The third kappa shape index (κ3) is 5.68. The summed E-state index contributed by atoms with van der Waals surface area (Å²) in [5.41, 5.74) is 6.31. The number of ether oxygens (including phenoxy) is 1. The van der Waals surface area contributed by atoms with E-state index in [0.717, 1.165) is 44.6 Å². The van der Waals surface area contributed by atoms with Gasteiger partial charge in [0.25, 0.3) is 0 Å². The topological polar surface area (TPSA) is 63.1 Å². The van der Waals surface area contributed by atoms with Crippen molar-refractivity contribution < 1.29 is 13.9 Å². The average molecular weight is 462 g/mol. The SMILES string of the molecule is COc1ccc(C2=Nc3cc(C)c(C)cc3N=C(SCC(=O)Nc3ccc(F)cc3)C2)cc1. The molecule has 3 aromatic rings. The lowest BCUT2D eigenvalue weighted by atomic mass is 10.1. The van der Waals surface area contributed by atoms with Crippen molar-refractivity contribution in [2.45, 2.75) is 20.3 Å². The summed E-state index contributed by atoms with van der Waals surface area (Å²) in [6.07, 6.45) is 0.508. The highest BCUT2D eigenvalue weighted by Gasteiger charge is 2.18. The normalized spacial score (nSPS) is 12.8. The van der Waals surface area contributed by atoms with E-state index in [2.05, 4.69) is 12.2 Å². The first-order chi connectivity index (χ1) is 15.9. The Morgan fingerprint density at radius 3 is 2.27 bits per heavy atom. The van der Waals surface area contributed by atoms with Gasteiger partial charge in [-0.15, -0.1) is 11.8 Å². The van der Waals surface area contributed by atoms with E-state index >= 15 is 0 Å². The highest BCUT2D eigenvalue weighted by Crippen LogP contribution is 2.36. The van der Waals surface area contributed by atoms with Crippen molar-refractivity contribution in [3.05, 3.63) is 83.2 Å². The molecule has 0 atom stereocenters. The number of anilines is 1. The number of nitrogens with one attached hydrogen (secondary N) is 1. The van der Waals surface area contributed by atoms with Crippen molar-refractivity contribution in [2.75, 3.05) is 18.2 Å². The smallest absolute Gasteiger partial charge is 0.234 e. The lowest BCUT2D eigenvalue weighted by molar-refractivity contribution is -0.113. The molecule has 0 aliphatic carbocycles. The van der Waals surface area contributed by atoms with E-state index in [0.29, 0.717) is 12.1 Å². The van der Waals surface area contributed by atoms with Gasteiger partial charge < -0.3 is 10.1 Å². The number of fused-ring (bicyclic) bond motifs is 1. The van der Waals surface area contributed by atoms with Gasteiger partial charge in [0.05, 0.1) is 35.0 Å². The summed E-state index contributed by atoms with van der Waals surface area (Å²) in [4.78, 5) is 22.3. The number of hydrogen-bond donors (Lipinski definition) is 1. The molecule has 1 aliphatic heterocycles. The molecule has 0 radical (unpaired) electrons. The van der Waals surface area contributed by atoms with Crippen molar-refractivity contribution in [2.24, 2.45) is 9.98 Å². The van der Waals surface area contributed by atoms with E-state index in [1.165, 1.54) is 36.0 Å². The number of benzene rings is 3. The third-order valence-corrected chi connectivity index (χ3v) is 6.31. The minimum atomic E-state index is -0.343. The van der Waals surface area contributed by atoms with Gasteiger partial charge in [-0.3, -0.25) is 9.79 Å². The van der Waals surface area contributed by atoms with Gasteiger partial charge in [-0.25, -0.2) is 9.38 Å². The Morgan fingerprint density at radius 1 is 1.00 bits per heavy atom. The van der Waals surface area contributed by atoms with Crippen LogP contribution in [0.5, 0.6) is 5.75 Å². The highest BCUT2D eigenvalue weighted by molar-refractivity contribution is 8.14. The molecule has 1 amide bonds. The maximum Gasteiger partial charge on any atom is 0.234 e. The monoisotopic (exact) mass is 461 g/mol. The van der Waals surface area contributed by atoms with Crippen LogP contribution in [0.15, 0.2) is 70.6 Å². The van der Waals surface area contributed by atoms with Crippen molar-refractivity contribution in [1.29, 1.82) is 0 Å². The number of hydrogen-bond acceptors (Lipinski definition) is 5. The van der Waals surface area contributed by atoms with E-state index in [1.54, 1.807) is 7.11 Å². The largest absolute Gasteiger partial charge is 0.497 e. The summed E-state index contributed by atoms with van der Waals surface area (Å²) in [5, 5.41) is 3.60. The van der Waals surface area contributed by atoms with Gasteiger partial charge in [0, 0.05) is 12.1 Å². The molecule has 0 aromatic heterocycles. The molecule has 0 saturated heterocycles. The van der Waals surface area contributed by atoms with E-state index in [4.69, 9.17) is 14.7 Å². The van der Waals surface area contributed by atoms with Crippen LogP contribution in [-0.4, -0.2) is 29.5 Å². The van der Waals surface area contributed by atoms with Gasteiger partial charge in [0.2, 0.25) is 5.91 Å². The Bertz CT molecular complexity index is 1240. The van der Waals surface area contributed by atoms with Crippen LogP contribution in [0.3, 0.4) is 0 Å². The van der Waals surface area contributed by atoms with Crippen molar-refractivity contribution in [1.82, 2.24) is 0 Å². The molecule has 1 heterocycles. The van der Waals surface area contributed by atoms with Crippen molar-refractivity contribution in [3.63, 3.8) is 0 Å². The predicted molar refractivity (Wildman–Crippen MR) is 134 cm³/mol. The number of thioether (sulfide) groups is 1. The van der Waals surface area contributed by atoms with Crippen LogP contribution >= 0.6 is 11.8 Å². The molecule has 7 heteroatoms. The van der Waals surface area contributed by atoms with Crippen LogP contribution in [0.25, 0.3) is 0 Å². The number of rotatable bonds is 5. The number of amides is 1. The summed E-state index contributed by atoms with van der Waals surface area (Å²) in [6.45, 7) is 4.11. The highest BCUT2D eigenvalue weighted by atomic mass is 32.2. The van der Waals surface area contributed by atoms with Crippen LogP contribution in [0, 0.1) is 19.7 Å². The number of aryl methyl sites for hydroxylation is 2. The minimum absolute atomic E-state index is 0.179. The van der Waals surface area contributed by atoms with Gasteiger partial charge in [0.1, 0.15) is 11.6 Å². The zero-order chi connectivity index (χ0) is 23.4. The molecule has 1 N–H and O–H groups in total.